The van der Waals surface area contributed by atoms with Gasteiger partial charge in [0.2, 0.25) is 0 Å². The number of amides is 1. The number of aliphatic hydroxyl groups is 1. The van der Waals surface area contributed by atoms with Crippen LogP contribution in [0.5, 0.6) is 0 Å². The smallest absolute Gasteiger partial charge is 0.411 e. The summed E-state index contributed by atoms with van der Waals surface area (Å²) in [4.78, 5) is 25.3. The van der Waals surface area contributed by atoms with Crippen molar-refractivity contribution in [3.05, 3.63) is 35.9 Å². The maximum absolute atomic E-state index is 12.4. The summed E-state index contributed by atoms with van der Waals surface area (Å²) in [5.74, 6) is -1.17. The van der Waals surface area contributed by atoms with Crippen molar-refractivity contribution in [3.63, 3.8) is 0 Å². The lowest BCUT2D eigenvalue weighted by atomic mass is 9.86. The van der Waals surface area contributed by atoms with Crippen LogP contribution >= 0.6 is 0 Å². The van der Waals surface area contributed by atoms with E-state index in [0.717, 1.165) is 4.90 Å². The number of hydrogen-bond donors (Lipinski definition) is 2. The summed E-state index contributed by atoms with van der Waals surface area (Å²) >= 11 is 0. The zero-order valence-electron chi connectivity index (χ0n) is 13.9. The Morgan fingerprint density at radius 3 is 2.26 bits per heavy atom. The van der Waals surface area contributed by atoms with Crippen molar-refractivity contribution in [2.24, 2.45) is 0 Å². The van der Waals surface area contributed by atoms with Gasteiger partial charge in [-0.1, -0.05) is 30.3 Å². The van der Waals surface area contributed by atoms with Gasteiger partial charge in [-0.3, -0.25) is 4.90 Å². The fraction of sp³-hybridized carbons (Fsp3) is 0.529. The normalized spacial score (nSPS) is 27.8. The number of ether oxygens (including phenoxy) is 1. The summed E-state index contributed by atoms with van der Waals surface area (Å²) in [6, 6.07) is 8.79. The Morgan fingerprint density at radius 1 is 1.22 bits per heavy atom. The fourth-order valence-electron chi connectivity index (χ4n) is 2.87. The van der Waals surface area contributed by atoms with Crippen LogP contribution in [-0.4, -0.2) is 44.9 Å². The van der Waals surface area contributed by atoms with E-state index in [1.807, 2.05) is 6.07 Å². The summed E-state index contributed by atoms with van der Waals surface area (Å²) in [5, 5.41) is 20.6. The molecule has 1 unspecified atom stereocenters. The number of carbonyl (C=O) groups excluding carboxylic acids is 1. The topological polar surface area (TPSA) is 87.1 Å². The third-order valence-electron chi connectivity index (χ3n) is 4.04. The van der Waals surface area contributed by atoms with E-state index in [1.54, 1.807) is 45.0 Å². The van der Waals surface area contributed by atoms with E-state index in [0.29, 0.717) is 5.56 Å². The Hall–Kier alpha value is -2.08. The average Bonchev–Trinajstić information content (AvgIpc) is 2.72. The Kier molecular flexibility index (Phi) is 4.15. The summed E-state index contributed by atoms with van der Waals surface area (Å²) in [5.41, 5.74) is -3.12. The third-order valence-corrected chi connectivity index (χ3v) is 4.04. The van der Waals surface area contributed by atoms with E-state index in [9.17, 15) is 19.8 Å². The van der Waals surface area contributed by atoms with Crippen LogP contribution in [0.25, 0.3) is 0 Å². The van der Waals surface area contributed by atoms with Crippen LogP contribution in [0.1, 0.15) is 39.7 Å². The van der Waals surface area contributed by atoms with Crippen molar-refractivity contribution in [2.75, 3.05) is 6.54 Å². The van der Waals surface area contributed by atoms with E-state index in [1.165, 1.54) is 6.92 Å². The average molecular weight is 321 g/mol. The monoisotopic (exact) mass is 321 g/mol. The van der Waals surface area contributed by atoms with Gasteiger partial charge in [0, 0.05) is 6.42 Å². The number of nitrogens with zero attached hydrogens (tertiary/aromatic N) is 1. The highest BCUT2D eigenvalue weighted by Gasteiger charge is 2.58. The van der Waals surface area contributed by atoms with Gasteiger partial charge in [0.05, 0.1) is 6.54 Å². The SMILES string of the molecule is CC(C)(C)OC(=O)N1CC(O)(c2ccccc2)C[C@@]1(C)C(=O)O. The van der Waals surface area contributed by atoms with Crippen molar-refractivity contribution in [1.29, 1.82) is 0 Å². The summed E-state index contributed by atoms with van der Waals surface area (Å²) in [6.07, 6.45) is -0.840. The number of carbonyl (C=O) groups is 2. The first-order valence-electron chi connectivity index (χ1n) is 7.50. The Bertz CT molecular complexity index is 609. The molecule has 0 aliphatic carbocycles. The van der Waals surface area contributed by atoms with Crippen LogP contribution < -0.4 is 0 Å². The summed E-state index contributed by atoms with van der Waals surface area (Å²) in [6.45, 7) is 6.43. The van der Waals surface area contributed by atoms with Gasteiger partial charge in [-0.2, -0.15) is 0 Å². The second-order valence-corrected chi connectivity index (χ2v) is 7.22. The molecule has 6 heteroatoms. The number of benzene rings is 1. The van der Waals surface area contributed by atoms with Crippen LogP contribution in [-0.2, 0) is 15.1 Å². The minimum atomic E-state index is -1.53. The first-order valence-corrected chi connectivity index (χ1v) is 7.50. The summed E-state index contributed by atoms with van der Waals surface area (Å²) < 4.78 is 5.31. The molecular weight excluding hydrogens is 298 g/mol. The van der Waals surface area contributed by atoms with Gasteiger partial charge in [-0.25, -0.2) is 9.59 Å². The Labute approximate surface area is 135 Å². The van der Waals surface area contributed by atoms with Crippen LogP contribution in [0.4, 0.5) is 4.79 Å². The fourth-order valence-corrected chi connectivity index (χ4v) is 2.87. The number of aliphatic carboxylic acids is 1. The number of carboxylic acid groups (broad SMARTS) is 1. The molecule has 1 fully saturated rings. The largest absolute Gasteiger partial charge is 0.480 e. The maximum atomic E-state index is 12.4. The van der Waals surface area contributed by atoms with Crippen molar-refractivity contribution in [3.8, 4) is 0 Å². The molecule has 0 bridgehead atoms. The van der Waals surface area contributed by atoms with Crippen molar-refractivity contribution in [2.45, 2.75) is 50.9 Å². The molecule has 1 aliphatic rings. The Balaban J connectivity index is 2.38. The Morgan fingerprint density at radius 2 is 1.78 bits per heavy atom. The lowest BCUT2D eigenvalue weighted by Crippen LogP contribution is -2.52. The molecule has 1 heterocycles. The van der Waals surface area contributed by atoms with Crippen LogP contribution in [0.3, 0.4) is 0 Å². The lowest BCUT2D eigenvalue weighted by Gasteiger charge is -2.32. The highest BCUT2D eigenvalue weighted by Crippen LogP contribution is 2.42. The second kappa shape index (κ2) is 5.53. The summed E-state index contributed by atoms with van der Waals surface area (Å²) in [7, 11) is 0. The van der Waals surface area contributed by atoms with Crippen molar-refractivity contribution >= 4 is 12.1 Å². The molecule has 1 aromatic rings. The molecule has 2 atom stereocenters. The first-order chi connectivity index (χ1) is 10.5. The van der Waals surface area contributed by atoms with E-state index in [-0.39, 0.29) is 13.0 Å². The van der Waals surface area contributed by atoms with Crippen LogP contribution in [0, 0.1) is 0 Å². The van der Waals surface area contributed by atoms with Gasteiger partial charge in [0.25, 0.3) is 0 Å². The van der Waals surface area contributed by atoms with Crippen LogP contribution in [0.15, 0.2) is 30.3 Å². The van der Waals surface area contributed by atoms with Crippen molar-refractivity contribution in [1.82, 2.24) is 4.90 Å². The molecule has 1 amide bonds. The molecule has 1 aliphatic heterocycles. The number of β-amino-alcohol motifs (C(OH)–C–C–N with tert-alkyl or cyclic N) is 1. The molecule has 0 aromatic heterocycles. The quantitative estimate of drug-likeness (QED) is 0.873. The molecule has 23 heavy (non-hydrogen) atoms. The van der Waals surface area contributed by atoms with E-state index in [2.05, 4.69) is 0 Å². The lowest BCUT2D eigenvalue weighted by molar-refractivity contribution is -0.148. The number of hydrogen-bond acceptors (Lipinski definition) is 4. The highest BCUT2D eigenvalue weighted by atomic mass is 16.6. The highest BCUT2D eigenvalue weighted by molar-refractivity contribution is 5.85. The minimum Gasteiger partial charge on any atom is -0.480 e. The molecule has 2 N–H and O–H groups in total. The molecular formula is C17H23NO5. The molecule has 0 saturated carbocycles. The molecule has 0 radical (unpaired) electrons. The van der Waals surface area contributed by atoms with E-state index >= 15 is 0 Å². The van der Waals surface area contributed by atoms with Gasteiger partial charge in [0.1, 0.15) is 16.7 Å². The van der Waals surface area contributed by atoms with E-state index < -0.39 is 28.8 Å². The van der Waals surface area contributed by atoms with Gasteiger partial charge in [-0.05, 0) is 33.3 Å². The number of rotatable bonds is 2. The van der Waals surface area contributed by atoms with Crippen LogP contribution in [0.2, 0.25) is 0 Å². The van der Waals surface area contributed by atoms with Gasteiger partial charge < -0.3 is 14.9 Å². The predicted molar refractivity (Wildman–Crippen MR) is 83.9 cm³/mol. The molecule has 126 valence electrons. The molecule has 2 rings (SSSR count). The third kappa shape index (κ3) is 3.32. The zero-order chi connectivity index (χ0) is 17.5. The number of likely N-dealkylation sites (tertiary alicyclic amines) is 1. The second-order valence-electron chi connectivity index (χ2n) is 7.22. The van der Waals surface area contributed by atoms with E-state index in [4.69, 9.17) is 4.74 Å². The standard InChI is InChI=1S/C17H23NO5/c1-15(2,3)23-14(21)18-11-17(22,10-16(18,4)13(19)20)12-8-6-5-7-9-12/h5-9,22H,10-11H2,1-4H3,(H,19,20)/t16-,17?/m0/s1. The molecule has 1 aromatic carbocycles. The number of carboxylic acids is 1. The van der Waals surface area contributed by atoms with Gasteiger partial charge in [0.15, 0.2) is 0 Å². The molecule has 0 spiro atoms. The van der Waals surface area contributed by atoms with Crippen molar-refractivity contribution < 1.29 is 24.5 Å². The first kappa shape index (κ1) is 17.3. The minimum absolute atomic E-state index is 0.0986. The molecule has 1 saturated heterocycles. The van der Waals surface area contributed by atoms with Gasteiger partial charge in [-0.15, -0.1) is 0 Å². The molecule has 6 nitrogen and oxygen atoms in total. The zero-order valence-corrected chi connectivity index (χ0v) is 13.9. The van der Waals surface area contributed by atoms with Gasteiger partial charge >= 0.3 is 12.1 Å². The maximum Gasteiger partial charge on any atom is 0.411 e. The predicted octanol–water partition coefficient (Wildman–Crippen LogP) is 2.36.